The van der Waals surface area contributed by atoms with Crippen LogP contribution >= 0.6 is 0 Å². The molecule has 0 spiro atoms. The van der Waals surface area contributed by atoms with Crippen LogP contribution in [-0.4, -0.2) is 53.9 Å². The Morgan fingerprint density at radius 2 is 1.59 bits per heavy atom. The summed E-state index contributed by atoms with van der Waals surface area (Å²) in [4.78, 5) is 49.6. The predicted molar refractivity (Wildman–Crippen MR) is 127 cm³/mol. The van der Waals surface area contributed by atoms with Gasteiger partial charge in [-0.25, -0.2) is 14.4 Å². The molecule has 9 nitrogen and oxygen atoms in total. The molecule has 1 aliphatic carbocycles. The summed E-state index contributed by atoms with van der Waals surface area (Å²) in [6.45, 7) is -0.488. The minimum Gasteiger partial charge on any atom is -0.480 e. The van der Waals surface area contributed by atoms with E-state index in [1.54, 1.807) is 41.3 Å². The molecule has 0 bridgehead atoms. The molecule has 3 rings (SSSR count). The molecule has 37 heavy (non-hydrogen) atoms. The quantitative estimate of drug-likeness (QED) is 0.349. The summed E-state index contributed by atoms with van der Waals surface area (Å²) in [5.74, 6) is -4.89. The molecule has 198 valence electrons. The van der Waals surface area contributed by atoms with Crippen molar-refractivity contribution in [3.05, 3.63) is 60.2 Å². The van der Waals surface area contributed by atoms with Gasteiger partial charge in [0.25, 0.3) is 0 Å². The first-order chi connectivity index (χ1) is 17.6. The molecule has 2 amide bonds. The van der Waals surface area contributed by atoms with Gasteiger partial charge in [0.1, 0.15) is 6.04 Å². The van der Waals surface area contributed by atoms with Crippen molar-refractivity contribution in [1.82, 2.24) is 5.32 Å². The van der Waals surface area contributed by atoms with Crippen LogP contribution in [0.3, 0.4) is 0 Å². The number of carbonyl (C=O) groups excluding carboxylic acids is 3. The number of ether oxygens (including phenoxy) is 1. The minimum atomic E-state index is -5.25. The number of aliphatic carboxylic acids is 1. The Kier molecular flexibility index (Phi) is 9.10. The molecule has 0 aliphatic heterocycles. The average molecular weight is 521 g/mol. The van der Waals surface area contributed by atoms with Crippen molar-refractivity contribution in [2.45, 2.75) is 50.4 Å². The van der Waals surface area contributed by atoms with Crippen LogP contribution < -0.4 is 15.5 Å². The Balaban J connectivity index is 1.85. The summed E-state index contributed by atoms with van der Waals surface area (Å²) in [7, 11) is 0. The number of hydrogen-bond donors (Lipinski definition) is 3. The number of nitrogens with zero attached hydrogens (tertiary/aromatic N) is 1. The zero-order valence-corrected chi connectivity index (χ0v) is 19.7. The number of carbonyl (C=O) groups is 4. The SMILES string of the molecule is O=C(Nc1ccccc1N(CC(NC(=O)C(F)(F)F)C(=O)O)C1CCCCC1)OC(=O)c1ccccc1. The zero-order chi connectivity index (χ0) is 27.0. The summed E-state index contributed by atoms with van der Waals surface area (Å²) >= 11 is 0. The van der Waals surface area contributed by atoms with Crippen LogP contribution in [0.15, 0.2) is 54.6 Å². The minimum absolute atomic E-state index is 0.152. The van der Waals surface area contributed by atoms with Crippen LogP contribution in [-0.2, 0) is 14.3 Å². The Bertz CT molecular complexity index is 1120. The number of benzene rings is 2. The van der Waals surface area contributed by atoms with Gasteiger partial charge >= 0.3 is 30.1 Å². The van der Waals surface area contributed by atoms with E-state index >= 15 is 0 Å². The van der Waals surface area contributed by atoms with Gasteiger partial charge in [-0.15, -0.1) is 0 Å². The van der Waals surface area contributed by atoms with E-state index in [-0.39, 0.29) is 17.3 Å². The lowest BCUT2D eigenvalue weighted by atomic mass is 9.93. The highest BCUT2D eigenvalue weighted by Crippen LogP contribution is 2.33. The van der Waals surface area contributed by atoms with E-state index in [1.807, 2.05) is 0 Å². The van der Waals surface area contributed by atoms with Crippen LogP contribution in [0.4, 0.5) is 29.3 Å². The first-order valence-electron chi connectivity index (χ1n) is 11.6. The highest BCUT2D eigenvalue weighted by Gasteiger charge is 2.41. The van der Waals surface area contributed by atoms with Gasteiger partial charge in [-0.05, 0) is 37.1 Å². The van der Waals surface area contributed by atoms with Crippen molar-refractivity contribution in [3.63, 3.8) is 0 Å². The maximum Gasteiger partial charge on any atom is 0.471 e. The lowest BCUT2D eigenvalue weighted by molar-refractivity contribution is -0.175. The largest absolute Gasteiger partial charge is 0.480 e. The van der Waals surface area contributed by atoms with Crippen molar-refractivity contribution in [3.8, 4) is 0 Å². The van der Waals surface area contributed by atoms with E-state index in [4.69, 9.17) is 4.74 Å². The number of carboxylic acid groups (broad SMARTS) is 1. The van der Waals surface area contributed by atoms with Crippen LogP contribution in [0.25, 0.3) is 0 Å². The molecule has 1 saturated carbocycles. The zero-order valence-electron chi connectivity index (χ0n) is 19.7. The molecule has 1 atom stereocenters. The lowest BCUT2D eigenvalue weighted by Crippen LogP contribution is -2.54. The third kappa shape index (κ3) is 7.69. The molecular formula is C25H26F3N3O6. The number of para-hydroxylation sites is 2. The number of amides is 2. The van der Waals surface area contributed by atoms with E-state index in [9.17, 15) is 37.5 Å². The van der Waals surface area contributed by atoms with Crippen molar-refractivity contribution in [1.29, 1.82) is 0 Å². The molecule has 0 aromatic heterocycles. The summed E-state index contributed by atoms with van der Waals surface area (Å²) in [6.07, 6.45) is -2.50. The summed E-state index contributed by atoms with van der Waals surface area (Å²) in [5, 5.41) is 13.6. The Hall–Kier alpha value is -4.09. The van der Waals surface area contributed by atoms with Crippen LogP contribution in [0.1, 0.15) is 42.5 Å². The maximum atomic E-state index is 12.8. The Morgan fingerprint density at radius 3 is 2.22 bits per heavy atom. The van der Waals surface area contributed by atoms with Crippen LogP contribution in [0, 0.1) is 0 Å². The number of alkyl halides is 3. The summed E-state index contributed by atoms with van der Waals surface area (Å²) in [6, 6.07) is 11.9. The third-order valence-corrected chi connectivity index (χ3v) is 5.90. The fourth-order valence-electron chi connectivity index (χ4n) is 4.14. The van der Waals surface area contributed by atoms with Gasteiger partial charge in [0.05, 0.1) is 16.9 Å². The number of esters is 1. The van der Waals surface area contributed by atoms with E-state index < -0.39 is 42.7 Å². The molecule has 1 aliphatic rings. The van der Waals surface area contributed by atoms with Gasteiger partial charge in [-0.2, -0.15) is 13.2 Å². The molecule has 0 heterocycles. The van der Waals surface area contributed by atoms with E-state index in [0.29, 0.717) is 18.5 Å². The number of anilines is 2. The second kappa shape index (κ2) is 12.2. The van der Waals surface area contributed by atoms with Gasteiger partial charge in [-0.3, -0.25) is 10.1 Å². The third-order valence-electron chi connectivity index (χ3n) is 5.90. The number of nitrogens with one attached hydrogen (secondary N) is 2. The average Bonchev–Trinajstić information content (AvgIpc) is 2.87. The van der Waals surface area contributed by atoms with E-state index in [1.165, 1.54) is 23.5 Å². The van der Waals surface area contributed by atoms with Crippen LogP contribution in [0.2, 0.25) is 0 Å². The van der Waals surface area contributed by atoms with Gasteiger partial charge in [0.2, 0.25) is 0 Å². The van der Waals surface area contributed by atoms with Gasteiger partial charge in [0.15, 0.2) is 0 Å². The lowest BCUT2D eigenvalue weighted by Gasteiger charge is -2.38. The second-order valence-corrected chi connectivity index (χ2v) is 8.49. The topological polar surface area (TPSA) is 125 Å². The van der Waals surface area contributed by atoms with Crippen molar-refractivity contribution in [2.24, 2.45) is 0 Å². The molecule has 1 unspecified atom stereocenters. The smallest absolute Gasteiger partial charge is 0.471 e. The molecule has 0 radical (unpaired) electrons. The highest BCUT2D eigenvalue weighted by atomic mass is 19.4. The molecule has 0 saturated heterocycles. The van der Waals surface area contributed by atoms with E-state index in [0.717, 1.165) is 19.3 Å². The fraction of sp³-hybridized carbons (Fsp3) is 0.360. The van der Waals surface area contributed by atoms with Crippen molar-refractivity contribution >= 4 is 35.3 Å². The van der Waals surface area contributed by atoms with Crippen molar-refractivity contribution in [2.75, 3.05) is 16.8 Å². The highest BCUT2D eigenvalue weighted by molar-refractivity contribution is 6.01. The Labute approximate surface area is 210 Å². The monoisotopic (exact) mass is 521 g/mol. The molecule has 1 fully saturated rings. The second-order valence-electron chi connectivity index (χ2n) is 8.49. The first-order valence-corrected chi connectivity index (χ1v) is 11.6. The van der Waals surface area contributed by atoms with Gasteiger partial charge < -0.3 is 20.1 Å². The summed E-state index contributed by atoms with van der Waals surface area (Å²) < 4.78 is 43.3. The number of rotatable bonds is 8. The Morgan fingerprint density at radius 1 is 0.973 bits per heavy atom. The summed E-state index contributed by atoms with van der Waals surface area (Å²) in [5.41, 5.74) is 0.621. The van der Waals surface area contributed by atoms with Gasteiger partial charge in [-0.1, -0.05) is 49.6 Å². The van der Waals surface area contributed by atoms with Crippen molar-refractivity contribution < 1.29 is 42.2 Å². The molecule has 2 aromatic rings. The molecule has 12 heteroatoms. The normalized spacial score (nSPS) is 14.8. The first kappa shape index (κ1) is 27.5. The predicted octanol–water partition coefficient (Wildman–Crippen LogP) is 4.35. The van der Waals surface area contributed by atoms with E-state index in [2.05, 4.69) is 5.32 Å². The molecule has 3 N–H and O–H groups in total. The standard InChI is InChI=1S/C25H26F3N3O6/c26-25(27,28)23(35)29-19(21(32)33)15-31(17-11-5-2-6-12-17)20-14-8-7-13-18(20)30-24(36)37-22(34)16-9-3-1-4-10-16/h1,3-4,7-10,13-14,17,19H,2,5-6,11-12,15H2,(H,29,35)(H,30,36)(H,32,33). The number of hydrogen-bond acceptors (Lipinski definition) is 6. The fourth-order valence-corrected chi connectivity index (χ4v) is 4.14. The number of halogens is 3. The number of carboxylic acids is 1. The maximum absolute atomic E-state index is 12.8. The molecule has 2 aromatic carbocycles. The molecular weight excluding hydrogens is 495 g/mol. The van der Waals surface area contributed by atoms with Gasteiger partial charge in [0, 0.05) is 12.6 Å². The van der Waals surface area contributed by atoms with Crippen LogP contribution in [0.5, 0.6) is 0 Å².